The second-order valence-electron chi connectivity index (χ2n) is 8.78. The summed E-state index contributed by atoms with van der Waals surface area (Å²) in [5, 5.41) is 34.2. The highest BCUT2D eigenvalue weighted by Gasteiger charge is 2.45. The molecular formula is C21H23ClFN5O9P2. The summed E-state index contributed by atoms with van der Waals surface area (Å²) >= 11 is 6.29. The van der Waals surface area contributed by atoms with Crippen LogP contribution in [0.4, 0.5) is 10.1 Å². The van der Waals surface area contributed by atoms with E-state index in [2.05, 4.69) is 15.3 Å². The Hall–Kier alpha value is -2.47. The van der Waals surface area contributed by atoms with Gasteiger partial charge in [-0.15, -0.1) is 0 Å². The van der Waals surface area contributed by atoms with Crippen LogP contribution in [0.5, 0.6) is 0 Å². The monoisotopic (exact) mass is 605 g/mol. The zero-order valence-corrected chi connectivity index (χ0v) is 22.5. The van der Waals surface area contributed by atoms with E-state index in [1.54, 1.807) is 13.0 Å². The van der Waals surface area contributed by atoms with Crippen molar-refractivity contribution < 1.29 is 47.7 Å². The van der Waals surface area contributed by atoms with Crippen LogP contribution in [0.15, 0.2) is 30.6 Å². The third kappa shape index (κ3) is 6.48. The Labute approximate surface area is 225 Å². The highest BCUT2D eigenvalue weighted by molar-refractivity contribution is 7.70. The SMILES string of the molecule is C[C@H](Nc1c(C#N)c(Cl)nc2c1ccn2[C@@H]1O[C@H](COP(=O)(O)CP(=O)(O)O)[C@@H](O)[C@H]1O)c1ccc(F)cn1. The van der Waals surface area contributed by atoms with Gasteiger partial charge in [-0.1, -0.05) is 11.6 Å². The molecule has 3 aromatic rings. The molecule has 0 saturated carbocycles. The number of aliphatic hydroxyl groups excluding tert-OH is 2. The van der Waals surface area contributed by atoms with Gasteiger partial charge in [-0.2, -0.15) is 5.26 Å². The van der Waals surface area contributed by atoms with Gasteiger partial charge in [-0.25, -0.2) is 9.37 Å². The molecule has 0 spiro atoms. The molecule has 1 fully saturated rings. The van der Waals surface area contributed by atoms with Crippen molar-refractivity contribution in [3.05, 3.63) is 52.8 Å². The molecule has 1 aliphatic heterocycles. The van der Waals surface area contributed by atoms with Crippen molar-refractivity contribution in [3.63, 3.8) is 0 Å². The first-order chi connectivity index (χ1) is 18.2. The lowest BCUT2D eigenvalue weighted by Crippen LogP contribution is -2.33. The summed E-state index contributed by atoms with van der Waals surface area (Å²) in [5.74, 6) is -1.94. The van der Waals surface area contributed by atoms with Gasteiger partial charge in [-0.05, 0) is 25.1 Å². The molecule has 1 unspecified atom stereocenters. The number of rotatable bonds is 9. The van der Waals surface area contributed by atoms with Crippen LogP contribution in [-0.2, 0) is 18.4 Å². The van der Waals surface area contributed by atoms with E-state index in [0.29, 0.717) is 11.1 Å². The van der Waals surface area contributed by atoms with Crippen LogP contribution < -0.4 is 5.32 Å². The van der Waals surface area contributed by atoms with E-state index in [1.807, 2.05) is 6.07 Å². The minimum Gasteiger partial charge on any atom is -0.387 e. The lowest BCUT2D eigenvalue weighted by atomic mass is 10.1. The lowest BCUT2D eigenvalue weighted by molar-refractivity contribution is -0.0481. The number of ether oxygens (including phenoxy) is 1. The Bertz CT molecular complexity index is 1510. The van der Waals surface area contributed by atoms with Gasteiger partial charge < -0.3 is 44.0 Å². The minimum absolute atomic E-state index is 0.0128. The fraction of sp³-hybridized carbons (Fsp3) is 0.381. The summed E-state index contributed by atoms with van der Waals surface area (Å²) in [4.78, 5) is 35.8. The van der Waals surface area contributed by atoms with E-state index < -0.39 is 64.1 Å². The van der Waals surface area contributed by atoms with Gasteiger partial charge in [0.05, 0.1) is 30.2 Å². The second-order valence-corrected chi connectivity index (χ2v) is 13.1. The van der Waals surface area contributed by atoms with Crippen LogP contribution in [0.2, 0.25) is 5.15 Å². The number of hydrogen-bond acceptors (Lipinski definition) is 10. The molecule has 14 nitrogen and oxygen atoms in total. The Morgan fingerprint density at radius 3 is 2.62 bits per heavy atom. The number of nitrogens with one attached hydrogen (secondary N) is 1. The summed E-state index contributed by atoms with van der Waals surface area (Å²) in [7, 11) is -9.60. The fourth-order valence-electron chi connectivity index (χ4n) is 4.09. The minimum atomic E-state index is -4.87. The van der Waals surface area contributed by atoms with Crippen molar-refractivity contribution in [1.29, 1.82) is 5.26 Å². The van der Waals surface area contributed by atoms with Crippen LogP contribution in [0.25, 0.3) is 11.0 Å². The number of anilines is 1. The third-order valence-electron chi connectivity index (χ3n) is 5.90. The number of aromatic nitrogens is 3. The molecule has 0 aromatic carbocycles. The van der Waals surface area contributed by atoms with E-state index in [9.17, 15) is 33.9 Å². The van der Waals surface area contributed by atoms with Gasteiger partial charge in [0.2, 0.25) is 0 Å². The Morgan fingerprint density at radius 1 is 1.28 bits per heavy atom. The second kappa shape index (κ2) is 11.2. The fourth-order valence-corrected chi connectivity index (χ4v) is 6.88. The van der Waals surface area contributed by atoms with Gasteiger partial charge in [-0.3, -0.25) is 14.1 Å². The molecule has 39 heavy (non-hydrogen) atoms. The van der Waals surface area contributed by atoms with E-state index in [4.69, 9.17) is 30.6 Å². The largest absolute Gasteiger partial charge is 0.387 e. The van der Waals surface area contributed by atoms with Crippen molar-refractivity contribution >= 4 is 43.5 Å². The van der Waals surface area contributed by atoms with E-state index in [0.717, 1.165) is 6.20 Å². The van der Waals surface area contributed by atoms with Crippen LogP contribution >= 0.6 is 26.8 Å². The lowest BCUT2D eigenvalue weighted by Gasteiger charge is -2.20. The van der Waals surface area contributed by atoms with Gasteiger partial charge >= 0.3 is 15.2 Å². The van der Waals surface area contributed by atoms with Crippen molar-refractivity contribution in [1.82, 2.24) is 14.5 Å². The van der Waals surface area contributed by atoms with Crippen LogP contribution in [-0.4, -0.2) is 70.3 Å². The number of halogens is 2. The molecule has 6 N–H and O–H groups in total. The number of nitriles is 1. The molecular weight excluding hydrogens is 583 g/mol. The summed E-state index contributed by atoms with van der Waals surface area (Å²) in [5.41, 5.74) is 0.907. The van der Waals surface area contributed by atoms with Crippen molar-refractivity contribution in [3.8, 4) is 6.07 Å². The number of fused-ring (bicyclic) bond motifs is 1. The summed E-state index contributed by atoms with van der Waals surface area (Å²) in [6.07, 6.45) is -3.32. The molecule has 1 saturated heterocycles. The van der Waals surface area contributed by atoms with Gasteiger partial charge in [0.15, 0.2) is 17.3 Å². The van der Waals surface area contributed by atoms with Crippen LogP contribution in [0, 0.1) is 17.1 Å². The molecule has 0 aliphatic carbocycles. The Balaban J connectivity index is 1.62. The first-order valence-electron chi connectivity index (χ1n) is 11.2. The molecule has 0 bridgehead atoms. The first-order valence-corrected chi connectivity index (χ1v) is 15.1. The predicted octanol–water partition coefficient (Wildman–Crippen LogP) is 2.22. The smallest absolute Gasteiger partial charge is 0.340 e. The molecule has 6 atom stereocenters. The summed E-state index contributed by atoms with van der Waals surface area (Å²) < 4.78 is 48.0. The molecule has 4 rings (SSSR count). The maximum atomic E-state index is 13.3. The normalized spacial score (nSPS) is 23.9. The van der Waals surface area contributed by atoms with Crippen LogP contribution in [0.1, 0.15) is 30.5 Å². The van der Waals surface area contributed by atoms with E-state index in [-0.39, 0.29) is 22.1 Å². The molecule has 4 heterocycles. The van der Waals surface area contributed by atoms with Crippen molar-refractivity contribution in [2.75, 3.05) is 17.8 Å². The summed E-state index contributed by atoms with van der Waals surface area (Å²) in [6, 6.07) is 5.75. The Morgan fingerprint density at radius 2 is 2.00 bits per heavy atom. The van der Waals surface area contributed by atoms with Crippen molar-refractivity contribution in [2.45, 2.75) is 37.5 Å². The number of nitrogens with zero attached hydrogens (tertiary/aromatic N) is 4. The maximum Gasteiger partial charge on any atom is 0.340 e. The van der Waals surface area contributed by atoms with Gasteiger partial charge in [0.25, 0.3) is 0 Å². The quantitative estimate of drug-likeness (QED) is 0.152. The van der Waals surface area contributed by atoms with Gasteiger partial charge in [0.1, 0.15) is 41.4 Å². The zero-order valence-electron chi connectivity index (χ0n) is 20.0. The predicted molar refractivity (Wildman–Crippen MR) is 134 cm³/mol. The van der Waals surface area contributed by atoms with Crippen LogP contribution in [0.3, 0.4) is 0 Å². The zero-order chi connectivity index (χ0) is 28.7. The molecule has 18 heteroatoms. The molecule has 1 aliphatic rings. The molecule has 210 valence electrons. The van der Waals surface area contributed by atoms with E-state index in [1.165, 1.54) is 22.9 Å². The maximum absolute atomic E-state index is 13.3. The number of pyridine rings is 2. The first kappa shape index (κ1) is 29.5. The number of aliphatic hydroxyl groups is 2. The highest BCUT2D eigenvalue weighted by atomic mass is 35.5. The molecule has 0 amide bonds. The average molecular weight is 606 g/mol. The van der Waals surface area contributed by atoms with Gasteiger partial charge in [0, 0.05) is 11.6 Å². The standard InChI is InChI=1S/C21H23ClFN5O9P2/c1-10(14-3-2-11(23)7-25-14)26-16-12-4-5-28(20(12)27-19(22)13(16)6-24)21-18(30)17(29)15(37-21)8-36-39(34,35)9-38(31,32)33/h2-5,7,10,15,17-18,21,29-30H,8-9H2,1H3,(H,26,27)(H,34,35)(H2,31,32,33)/t10-,15+,17+,18+,21+/m0/s1. The number of hydrogen-bond donors (Lipinski definition) is 6. The molecule has 0 radical (unpaired) electrons. The highest BCUT2D eigenvalue weighted by Crippen LogP contribution is 2.55. The molecule has 3 aromatic heterocycles. The summed E-state index contributed by atoms with van der Waals surface area (Å²) in [6.45, 7) is 0.971. The van der Waals surface area contributed by atoms with Crippen molar-refractivity contribution in [2.24, 2.45) is 0 Å². The Kier molecular flexibility index (Phi) is 8.47. The topological polar surface area (TPSA) is 220 Å². The average Bonchev–Trinajstić information content (AvgIpc) is 3.37. The van der Waals surface area contributed by atoms with E-state index >= 15 is 0 Å². The third-order valence-corrected chi connectivity index (χ3v) is 9.63.